The lowest BCUT2D eigenvalue weighted by Gasteiger charge is -2.29. The highest BCUT2D eigenvalue weighted by Gasteiger charge is 2.27. The van der Waals surface area contributed by atoms with Gasteiger partial charge in [-0.2, -0.15) is 0 Å². The van der Waals surface area contributed by atoms with Gasteiger partial charge in [-0.15, -0.1) is 11.3 Å². The number of aryl methyl sites for hydroxylation is 2. The van der Waals surface area contributed by atoms with E-state index in [1.165, 1.54) is 11.3 Å². The molecule has 0 aliphatic heterocycles. The second kappa shape index (κ2) is 9.86. The fourth-order valence-corrected chi connectivity index (χ4v) is 5.29. The lowest BCUT2D eigenvalue weighted by Crippen LogP contribution is -2.31. The predicted molar refractivity (Wildman–Crippen MR) is 128 cm³/mol. The van der Waals surface area contributed by atoms with Crippen LogP contribution in [0.15, 0.2) is 30.7 Å². The number of rotatable bonds is 6. The monoisotopic (exact) mass is 449 g/mol. The van der Waals surface area contributed by atoms with Gasteiger partial charge in [-0.05, 0) is 63.1 Å². The number of nitrogens with one attached hydrogen (secondary N) is 1. The van der Waals surface area contributed by atoms with Crippen molar-refractivity contribution >= 4 is 17.2 Å². The van der Waals surface area contributed by atoms with Crippen LogP contribution in [0.3, 0.4) is 0 Å². The van der Waals surface area contributed by atoms with Gasteiger partial charge in [0.1, 0.15) is 10.7 Å². The topological polar surface area (TPSA) is 80.7 Å². The Labute approximate surface area is 194 Å². The first-order chi connectivity index (χ1) is 15.4. The van der Waals surface area contributed by atoms with Crippen molar-refractivity contribution in [3.8, 4) is 11.1 Å². The zero-order chi connectivity index (χ0) is 22.7. The maximum Gasteiger partial charge on any atom is 0.263 e. The molecule has 1 aliphatic rings. The smallest absolute Gasteiger partial charge is 0.263 e. The summed E-state index contributed by atoms with van der Waals surface area (Å²) in [6.45, 7) is 8.83. The zero-order valence-electron chi connectivity index (χ0n) is 19.3. The number of hydrogen-bond acceptors (Lipinski definition) is 6. The molecule has 0 spiro atoms. The zero-order valence-corrected chi connectivity index (χ0v) is 20.1. The van der Waals surface area contributed by atoms with Gasteiger partial charge in [-0.1, -0.05) is 13.8 Å². The lowest BCUT2D eigenvalue weighted by molar-refractivity contribution is 0.0946. The van der Waals surface area contributed by atoms with Crippen LogP contribution >= 0.6 is 11.3 Å². The molecule has 7 heteroatoms. The van der Waals surface area contributed by atoms with E-state index < -0.39 is 0 Å². The fourth-order valence-electron chi connectivity index (χ4n) is 4.45. The first-order valence-corrected chi connectivity index (χ1v) is 12.2. The van der Waals surface area contributed by atoms with Crippen molar-refractivity contribution < 1.29 is 4.79 Å². The molecule has 1 aliphatic carbocycles. The largest absolute Gasteiger partial charge is 0.351 e. The Morgan fingerprint density at radius 3 is 2.47 bits per heavy atom. The average molecular weight is 450 g/mol. The van der Waals surface area contributed by atoms with Crippen molar-refractivity contribution in [1.82, 2.24) is 25.3 Å². The summed E-state index contributed by atoms with van der Waals surface area (Å²) in [5.41, 5.74) is 4.22. The molecule has 3 heterocycles. The van der Waals surface area contributed by atoms with Gasteiger partial charge in [-0.25, -0.2) is 15.0 Å². The number of pyridine rings is 1. The number of thiazole rings is 1. The van der Waals surface area contributed by atoms with Crippen molar-refractivity contribution in [2.45, 2.75) is 65.2 Å². The first kappa shape index (κ1) is 22.5. The fraction of sp³-hybridized carbons (Fsp3) is 0.480. The van der Waals surface area contributed by atoms with E-state index in [0.29, 0.717) is 17.8 Å². The van der Waals surface area contributed by atoms with E-state index in [1.54, 1.807) is 0 Å². The normalized spacial score (nSPS) is 18.7. The van der Waals surface area contributed by atoms with Crippen molar-refractivity contribution in [2.24, 2.45) is 5.92 Å². The molecular weight excluding hydrogens is 418 g/mol. The maximum absolute atomic E-state index is 12.5. The van der Waals surface area contributed by atoms with Crippen LogP contribution < -0.4 is 5.32 Å². The molecule has 1 amide bonds. The highest BCUT2D eigenvalue weighted by atomic mass is 32.1. The van der Waals surface area contributed by atoms with E-state index in [-0.39, 0.29) is 5.91 Å². The molecule has 1 N–H and O–H groups in total. The third-order valence-electron chi connectivity index (χ3n) is 6.24. The minimum atomic E-state index is 0.00701. The molecular formula is C25H31N5OS. The van der Waals surface area contributed by atoms with Gasteiger partial charge in [0, 0.05) is 42.5 Å². The quantitative estimate of drug-likeness (QED) is 0.542. The van der Waals surface area contributed by atoms with Crippen LogP contribution in [-0.2, 0) is 0 Å². The molecule has 32 heavy (non-hydrogen) atoms. The Bertz CT molecular complexity index is 1070. The van der Waals surface area contributed by atoms with Gasteiger partial charge in [0.2, 0.25) is 0 Å². The van der Waals surface area contributed by atoms with Gasteiger partial charge in [0.05, 0.1) is 16.4 Å². The minimum Gasteiger partial charge on any atom is -0.351 e. The van der Waals surface area contributed by atoms with Crippen LogP contribution in [0.25, 0.3) is 11.1 Å². The molecule has 3 aromatic heterocycles. The highest BCUT2D eigenvalue weighted by molar-refractivity contribution is 7.13. The summed E-state index contributed by atoms with van der Waals surface area (Å²) in [5, 5.41) is 4.07. The summed E-state index contributed by atoms with van der Waals surface area (Å²) in [6, 6.07) is 4.06. The Balaban J connectivity index is 1.43. The second-order valence-corrected chi connectivity index (χ2v) is 10.2. The Kier molecular flexibility index (Phi) is 6.94. The van der Waals surface area contributed by atoms with Crippen molar-refractivity contribution in [3.63, 3.8) is 0 Å². The highest BCUT2D eigenvalue weighted by Crippen LogP contribution is 2.39. The number of carbonyl (C=O) groups excluding carboxylic acids is 1. The van der Waals surface area contributed by atoms with Crippen molar-refractivity contribution in [2.75, 3.05) is 6.54 Å². The summed E-state index contributed by atoms with van der Waals surface area (Å²) in [5.74, 6) is 2.12. The Morgan fingerprint density at radius 1 is 1.12 bits per heavy atom. The van der Waals surface area contributed by atoms with Crippen molar-refractivity contribution in [3.05, 3.63) is 57.8 Å². The van der Waals surface area contributed by atoms with Crippen molar-refractivity contribution in [1.29, 1.82) is 0 Å². The molecule has 0 saturated heterocycles. The second-order valence-electron chi connectivity index (χ2n) is 8.99. The van der Waals surface area contributed by atoms with Crippen LogP contribution in [0.5, 0.6) is 0 Å². The first-order valence-electron chi connectivity index (χ1n) is 11.4. The van der Waals surface area contributed by atoms with Crippen LogP contribution in [0, 0.1) is 19.8 Å². The summed E-state index contributed by atoms with van der Waals surface area (Å²) < 4.78 is 0. The molecule has 0 bridgehead atoms. The van der Waals surface area contributed by atoms with Gasteiger partial charge >= 0.3 is 0 Å². The van der Waals surface area contributed by atoms with E-state index in [2.05, 4.69) is 34.1 Å². The third-order valence-corrected chi connectivity index (χ3v) is 7.31. The van der Waals surface area contributed by atoms with E-state index in [1.807, 2.05) is 44.6 Å². The molecule has 6 nitrogen and oxygen atoms in total. The maximum atomic E-state index is 12.5. The predicted octanol–water partition coefficient (Wildman–Crippen LogP) is 5.44. The van der Waals surface area contributed by atoms with Crippen LogP contribution in [0.1, 0.15) is 83.3 Å². The molecule has 168 valence electrons. The number of amides is 1. The standard InChI is InChI=1S/C25H31N5OS/c1-15(2)24-27-14-21(19-9-11-26-12-10-19)22(30-24)20-7-5-18(6-8-20)13-28-25(31)23-16(3)29-17(4)32-23/h9-12,14-15,18,20H,5-8,13H2,1-4H3,(H,28,31). The Hall–Kier alpha value is -2.67. The van der Waals surface area contributed by atoms with Gasteiger partial charge in [0.25, 0.3) is 5.91 Å². The molecule has 0 atom stereocenters. The number of carbonyl (C=O) groups is 1. The van der Waals surface area contributed by atoms with E-state index in [0.717, 1.165) is 70.5 Å². The Morgan fingerprint density at radius 2 is 1.84 bits per heavy atom. The van der Waals surface area contributed by atoms with Gasteiger partial charge < -0.3 is 5.32 Å². The van der Waals surface area contributed by atoms with Gasteiger partial charge in [0.15, 0.2) is 0 Å². The number of nitrogens with zero attached hydrogens (tertiary/aromatic N) is 4. The minimum absolute atomic E-state index is 0.00701. The molecule has 0 radical (unpaired) electrons. The van der Waals surface area contributed by atoms with Crippen LogP contribution in [0.4, 0.5) is 0 Å². The molecule has 4 rings (SSSR count). The van der Waals surface area contributed by atoms with E-state index in [4.69, 9.17) is 4.98 Å². The van der Waals surface area contributed by atoms with Crippen LogP contribution in [-0.4, -0.2) is 32.4 Å². The summed E-state index contributed by atoms with van der Waals surface area (Å²) in [6.07, 6.45) is 9.95. The lowest BCUT2D eigenvalue weighted by atomic mass is 9.79. The summed E-state index contributed by atoms with van der Waals surface area (Å²) in [7, 11) is 0. The number of hydrogen-bond donors (Lipinski definition) is 1. The SMILES string of the molecule is Cc1nc(C)c(C(=O)NCC2CCC(c3nc(C(C)C)ncc3-c3ccncc3)CC2)s1. The van der Waals surface area contributed by atoms with E-state index >= 15 is 0 Å². The van der Waals surface area contributed by atoms with E-state index in [9.17, 15) is 4.79 Å². The average Bonchev–Trinajstić information content (AvgIpc) is 3.16. The molecule has 1 saturated carbocycles. The number of aromatic nitrogens is 4. The summed E-state index contributed by atoms with van der Waals surface area (Å²) in [4.78, 5) is 31.4. The third kappa shape index (κ3) is 5.04. The molecule has 3 aromatic rings. The van der Waals surface area contributed by atoms with Crippen LogP contribution in [0.2, 0.25) is 0 Å². The van der Waals surface area contributed by atoms with Gasteiger partial charge in [-0.3, -0.25) is 9.78 Å². The summed E-state index contributed by atoms with van der Waals surface area (Å²) >= 11 is 1.47. The molecule has 0 unspecified atom stereocenters. The molecule has 1 fully saturated rings. The molecule has 0 aromatic carbocycles.